The second kappa shape index (κ2) is 6.76. The van der Waals surface area contributed by atoms with E-state index in [0.717, 1.165) is 5.56 Å². The summed E-state index contributed by atoms with van der Waals surface area (Å²) < 4.78 is 10.0. The standard InChI is InChI=1S/C13H16O5/c1-9(12(14)15)18-13(16)10(2)17-8-11-6-4-3-5-7-11/h3-7,9-10H,8H2,1-2H3,(H,14,15)/t9?,10-/m0/s1. The fourth-order valence-electron chi connectivity index (χ4n) is 1.18. The van der Waals surface area contributed by atoms with Crippen LogP contribution in [0.15, 0.2) is 30.3 Å². The molecular weight excluding hydrogens is 236 g/mol. The van der Waals surface area contributed by atoms with Crippen LogP contribution in [0.5, 0.6) is 0 Å². The number of hydrogen-bond donors (Lipinski definition) is 1. The minimum absolute atomic E-state index is 0.276. The Balaban J connectivity index is 2.39. The minimum atomic E-state index is -1.18. The molecule has 0 aliphatic rings. The van der Waals surface area contributed by atoms with E-state index in [2.05, 4.69) is 0 Å². The molecule has 5 heteroatoms. The Morgan fingerprint density at radius 2 is 1.78 bits per heavy atom. The average Bonchev–Trinajstić information content (AvgIpc) is 2.36. The minimum Gasteiger partial charge on any atom is -0.479 e. The van der Waals surface area contributed by atoms with E-state index in [0.29, 0.717) is 0 Å². The van der Waals surface area contributed by atoms with Crippen molar-refractivity contribution in [2.45, 2.75) is 32.7 Å². The lowest BCUT2D eigenvalue weighted by molar-refractivity contribution is -0.171. The Morgan fingerprint density at radius 1 is 1.17 bits per heavy atom. The summed E-state index contributed by atoms with van der Waals surface area (Å²) in [5.74, 6) is -1.86. The molecule has 18 heavy (non-hydrogen) atoms. The third-order valence-corrected chi connectivity index (χ3v) is 2.32. The van der Waals surface area contributed by atoms with Crippen molar-refractivity contribution in [1.82, 2.24) is 0 Å². The van der Waals surface area contributed by atoms with Crippen molar-refractivity contribution in [2.24, 2.45) is 0 Å². The molecule has 0 bridgehead atoms. The Hall–Kier alpha value is -1.88. The number of carbonyl (C=O) groups excluding carboxylic acids is 1. The van der Waals surface area contributed by atoms with Gasteiger partial charge in [0.15, 0.2) is 12.2 Å². The zero-order valence-corrected chi connectivity index (χ0v) is 10.3. The van der Waals surface area contributed by atoms with Crippen LogP contribution >= 0.6 is 0 Å². The highest BCUT2D eigenvalue weighted by molar-refractivity contribution is 5.79. The SMILES string of the molecule is CC(OC(=O)[C@H](C)OCc1ccccc1)C(=O)O. The molecule has 1 aromatic rings. The molecule has 0 spiro atoms. The van der Waals surface area contributed by atoms with Crippen LogP contribution in [-0.4, -0.2) is 29.3 Å². The molecule has 0 amide bonds. The summed E-state index contributed by atoms with van der Waals surface area (Å²) in [7, 11) is 0. The molecule has 2 atom stereocenters. The van der Waals surface area contributed by atoms with Crippen molar-refractivity contribution in [2.75, 3.05) is 0 Å². The summed E-state index contributed by atoms with van der Waals surface area (Å²) in [5, 5.41) is 8.60. The number of aliphatic carboxylic acids is 1. The van der Waals surface area contributed by atoms with Crippen LogP contribution in [0.25, 0.3) is 0 Å². The van der Waals surface area contributed by atoms with Gasteiger partial charge in [0.1, 0.15) is 0 Å². The molecule has 0 saturated heterocycles. The van der Waals surface area contributed by atoms with E-state index in [4.69, 9.17) is 14.6 Å². The van der Waals surface area contributed by atoms with Gasteiger partial charge in [-0.25, -0.2) is 9.59 Å². The topological polar surface area (TPSA) is 72.8 Å². The fourth-order valence-corrected chi connectivity index (χ4v) is 1.18. The molecule has 1 unspecified atom stereocenters. The van der Waals surface area contributed by atoms with E-state index >= 15 is 0 Å². The van der Waals surface area contributed by atoms with Crippen LogP contribution in [0.4, 0.5) is 0 Å². The van der Waals surface area contributed by atoms with Crippen LogP contribution in [0.1, 0.15) is 19.4 Å². The predicted molar refractivity (Wildman–Crippen MR) is 63.9 cm³/mol. The molecule has 0 fully saturated rings. The first-order valence-corrected chi connectivity index (χ1v) is 5.59. The Bertz CT molecular complexity index is 401. The maximum absolute atomic E-state index is 11.5. The Kier molecular flexibility index (Phi) is 5.32. The predicted octanol–water partition coefficient (Wildman–Crippen LogP) is 1.61. The molecule has 0 radical (unpaired) electrons. The van der Waals surface area contributed by atoms with Crippen molar-refractivity contribution in [3.8, 4) is 0 Å². The first-order chi connectivity index (χ1) is 8.50. The summed E-state index contributed by atoms with van der Waals surface area (Å²) >= 11 is 0. The maximum Gasteiger partial charge on any atom is 0.344 e. The summed E-state index contributed by atoms with van der Waals surface area (Å²) in [6, 6.07) is 9.37. The van der Waals surface area contributed by atoms with E-state index in [1.54, 1.807) is 0 Å². The van der Waals surface area contributed by atoms with Gasteiger partial charge in [0, 0.05) is 0 Å². The highest BCUT2D eigenvalue weighted by Gasteiger charge is 2.21. The van der Waals surface area contributed by atoms with Crippen LogP contribution in [0.3, 0.4) is 0 Å². The molecule has 1 aromatic carbocycles. The average molecular weight is 252 g/mol. The zero-order chi connectivity index (χ0) is 13.5. The Morgan fingerprint density at radius 3 is 2.33 bits per heavy atom. The quantitative estimate of drug-likeness (QED) is 0.779. The van der Waals surface area contributed by atoms with E-state index in [1.807, 2.05) is 30.3 Å². The summed E-state index contributed by atoms with van der Waals surface area (Å²) in [6.07, 6.45) is -1.97. The van der Waals surface area contributed by atoms with Gasteiger partial charge in [0.2, 0.25) is 0 Å². The number of rotatable bonds is 6. The second-order valence-electron chi connectivity index (χ2n) is 3.86. The lowest BCUT2D eigenvalue weighted by Gasteiger charge is -2.14. The van der Waals surface area contributed by atoms with Crippen LogP contribution in [0, 0.1) is 0 Å². The number of hydrogen-bond acceptors (Lipinski definition) is 4. The summed E-state index contributed by atoms with van der Waals surface area (Å²) in [4.78, 5) is 22.0. The molecule has 98 valence electrons. The molecule has 5 nitrogen and oxygen atoms in total. The number of esters is 1. The highest BCUT2D eigenvalue weighted by atomic mass is 16.6. The largest absolute Gasteiger partial charge is 0.479 e. The van der Waals surface area contributed by atoms with Crippen molar-refractivity contribution in [3.63, 3.8) is 0 Å². The van der Waals surface area contributed by atoms with E-state index in [-0.39, 0.29) is 6.61 Å². The molecule has 0 heterocycles. The number of carboxylic acid groups (broad SMARTS) is 1. The van der Waals surface area contributed by atoms with E-state index in [9.17, 15) is 9.59 Å². The lowest BCUT2D eigenvalue weighted by atomic mass is 10.2. The smallest absolute Gasteiger partial charge is 0.344 e. The number of ether oxygens (including phenoxy) is 2. The van der Waals surface area contributed by atoms with Gasteiger partial charge in [-0.2, -0.15) is 0 Å². The first kappa shape index (κ1) is 14.2. The summed E-state index contributed by atoms with van der Waals surface area (Å²) in [5.41, 5.74) is 0.934. The van der Waals surface area contributed by atoms with Gasteiger partial charge in [0.25, 0.3) is 0 Å². The van der Waals surface area contributed by atoms with Crippen molar-refractivity contribution < 1.29 is 24.2 Å². The van der Waals surface area contributed by atoms with Crippen LogP contribution < -0.4 is 0 Å². The molecular formula is C13H16O5. The molecule has 0 aliphatic heterocycles. The van der Waals surface area contributed by atoms with Gasteiger partial charge in [-0.3, -0.25) is 0 Å². The zero-order valence-electron chi connectivity index (χ0n) is 10.3. The van der Waals surface area contributed by atoms with Crippen molar-refractivity contribution in [1.29, 1.82) is 0 Å². The van der Waals surface area contributed by atoms with Crippen molar-refractivity contribution >= 4 is 11.9 Å². The fraction of sp³-hybridized carbons (Fsp3) is 0.385. The highest BCUT2D eigenvalue weighted by Crippen LogP contribution is 2.05. The van der Waals surface area contributed by atoms with E-state index in [1.165, 1.54) is 13.8 Å². The van der Waals surface area contributed by atoms with Gasteiger partial charge in [-0.05, 0) is 19.4 Å². The molecule has 1 rings (SSSR count). The third-order valence-electron chi connectivity index (χ3n) is 2.32. The summed E-state index contributed by atoms with van der Waals surface area (Å²) in [6.45, 7) is 3.10. The van der Waals surface area contributed by atoms with Crippen LogP contribution in [-0.2, 0) is 25.7 Å². The number of benzene rings is 1. The van der Waals surface area contributed by atoms with Gasteiger partial charge in [0.05, 0.1) is 6.61 Å². The molecule has 0 saturated carbocycles. The lowest BCUT2D eigenvalue weighted by Crippen LogP contribution is -2.30. The third kappa shape index (κ3) is 4.55. The van der Waals surface area contributed by atoms with Gasteiger partial charge < -0.3 is 14.6 Å². The first-order valence-electron chi connectivity index (χ1n) is 5.59. The molecule has 1 N–H and O–H groups in total. The molecule has 0 aromatic heterocycles. The normalized spacial score (nSPS) is 13.7. The van der Waals surface area contributed by atoms with Crippen molar-refractivity contribution in [3.05, 3.63) is 35.9 Å². The van der Waals surface area contributed by atoms with Gasteiger partial charge >= 0.3 is 11.9 Å². The molecule has 0 aliphatic carbocycles. The Labute approximate surface area is 105 Å². The number of carboxylic acids is 1. The number of carbonyl (C=O) groups is 2. The van der Waals surface area contributed by atoms with Gasteiger partial charge in [-0.1, -0.05) is 30.3 Å². The second-order valence-corrected chi connectivity index (χ2v) is 3.86. The van der Waals surface area contributed by atoms with E-state index < -0.39 is 24.1 Å². The van der Waals surface area contributed by atoms with Crippen LogP contribution in [0.2, 0.25) is 0 Å². The van der Waals surface area contributed by atoms with Gasteiger partial charge in [-0.15, -0.1) is 0 Å². The maximum atomic E-state index is 11.5. The monoisotopic (exact) mass is 252 g/mol.